The first-order valence-electron chi connectivity index (χ1n) is 4.83. The maximum absolute atomic E-state index is 11.5. The van der Waals surface area contributed by atoms with Gasteiger partial charge in [0, 0.05) is 11.1 Å². The summed E-state index contributed by atoms with van der Waals surface area (Å²) in [6.45, 7) is 0. The number of nitrogens with zero attached hydrogens (tertiary/aromatic N) is 3. The summed E-state index contributed by atoms with van der Waals surface area (Å²) in [6.07, 6.45) is 5.87. The van der Waals surface area contributed by atoms with E-state index in [4.69, 9.17) is 11.6 Å². The van der Waals surface area contributed by atoms with Crippen molar-refractivity contribution in [1.29, 1.82) is 0 Å². The highest BCUT2D eigenvalue weighted by Gasteiger charge is 1.96. The molecule has 0 fully saturated rings. The molecule has 0 aliphatic rings. The van der Waals surface area contributed by atoms with E-state index >= 15 is 0 Å². The van der Waals surface area contributed by atoms with Crippen LogP contribution in [0.5, 0.6) is 0 Å². The molecule has 1 amide bonds. The van der Waals surface area contributed by atoms with Gasteiger partial charge in [0.25, 0.3) is 5.91 Å². The number of rotatable bonds is 3. The van der Waals surface area contributed by atoms with Gasteiger partial charge < -0.3 is 0 Å². The van der Waals surface area contributed by atoms with Gasteiger partial charge in [-0.05, 0) is 23.8 Å². The molecule has 1 aromatic heterocycles. The second-order valence-corrected chi connectivity index (χ2v) is 3.67. The minimum Gasteiger partial charge on any atom is -0.268 e. The lowest BCUT2D eigenvalue weighted by molar-refractivity contribution is -0.112. The van der Waals surface area contributed by atoms with Crippen molar-refractivity contribution in [3.8, 4) is 0 Å². The van der Waals surface area contributed by atoms with Crippen molar-refractivity contribution in [1.82, 2.24) is 14.9 Å². The largest absolute Gasteiger partial charge is 0.268 e. The molecule has 0 aliphatic heterocycles. The van der Waals surface area contributed by atoms with Gasteiger partial charge >= 0.3 is 0 Å². The molecule has 2 aromatic rings. The lowest BCUT2D eigenvalue weighted by Gasteiger charge is -1.99. The third kappa shape index (κ3) is 3.42. The number of carbonyl (C=O) groups excluding carboxylic acids is 1. The van der Waals surface area contributed by atoms with Gasteiger partial charge in [-0.25, -0.2) is 4.68 Å². The second kappa shape index (κ2) is 5.27. The zero-order valence-corrected chi connectivity index (χ0v) is 9.50. The Labute approximate surface area is 103 Å². The highest BCUT2D eigenvalue weighted by molar-refractivity contribution is 6.30. The minimum absolute atomic E-state index is 0.273. The standard InChI is InChI=1S/C11H9ClN4O/c12-10-3-1-2-9(6-10)4-5-11(17)15-16-7-13-14-8-16/h1-8H,(H,15,17)/b5-4+. The van der Waals surface area contributed by atoms with Crippen LogP contribution in [0, 0.1) is 0 Å². The molecule has 1 aromatic carbocycles. The molecule has 1 heterocycles. The summed E-state index contributed by atoms with van der Waals surface area (Å²) in [7, 11) is 0. The predicted octanol–water partition coefficient (Wildman–Crippen LogP) is 1.71. The number of aromatic nitrogens is 3. The monoisotopic (exact) mass is 248 g/mol. The Kier molecular flexibility index (Phi) is 3.52. The minimum atomic E-state index is -0.273. The van der Waals surface area contributed by atoms with Gasteiger partial charge in [0.1, 0.15) is 12.7 Å². The van der Waals surface area contributed by atoms with Crippen LogP contribution >= 0.6 is 11.6 Å². The SMILES string of the molecule is O=C(/C=C/c1cccc(Cl)c1)Nn1cnnc1. The second-order valence-electron chi connectivity index (χ2n) is 3.23. The molecular weight excluding hydrogens is 240 g/mol. The third-order valence-corrected chi connectivity index (χ3v) is 2.17. The fourth-order valence-electron chi connectivity index (χ4n) is 1.21. The van der Waals surface area contributed by atoms with Crippen LogP contribution in [0.4, 0.5) is 0 Å². The van der Waals surface area contributed by atoms with Gasteiger partial charge in [-0.3, -0.25) is 10.2 Å². The number of hydrogen-bond donors (Lipinski definition) is 1. The first-order chi connectivity index (χ1) is 8.24. The van der Waals surface area contributed by atoms with Crippen molar-refractivity contribution in [3.05, 3.63) is 53.6 Å². The zero-order valence-electron chi connectivity index (χ0n) is 8.75. The van der Waals surface area contributed by atoms with Crippen LogP contribution < -0.4 is 5.43 Å². The Hall–Kier alpha value is -2.14. The van der Waals surface area contributed by atoms with Crippen molar-refractivity contribution in [2.45, 2.75) is 0 Å². The van der Waals surface area contributed by atoms with Crippen molar-refractivity contribution >= 4 is 23.6 Å². The number of benzene rings is 1. The quantitative estimate of drug-likeness (QED) is 0.842. The summed E-state index contributed by atoms with van der Waals surface area (Å²) < 4.78 is 1.37. The van der Waals surface area contributed by atoms with Crippen molar-refractivity contribution in [2.75, 3.05) is 5.43 Å². The number of halogens is 1. The molecule has 0 radical (unpaired) electrons. The predicted molar refractivity (Wildman–Crippen MR) is 64.9 cm³/mol. The van der Waals surface area contributed by atoms with Gasteiger partial charge in [0.2, 0.25) is 0 Å². The van der Waals surface area contributed by atoms with E-state index in [1.54, 1.807) is 18.2 Å². The first kappa shape index (κ1) is 11.3. The fraction of sp³-hybridized carbons (Fsp3) is 0. The molecule has 17 heavy (non-hydrogen) atoms. The Morgan fingerprint density at radius 3 is 2.82 bits per heavy atom. The van der Waals surface area contributed by atoms with E-state index in [-0.39, 0.29) is 5.91 Å². The molecule has 6 heteroatoms. The maximum Gasteiger partial charge on any atom is 0.262 e. The van der Waals surface area contributed by atoms with Crippen LogP contribution in [0.2, 0.25) is 5.02 Å². The average molecular weight is 249 g/mol. The van der Waals surface area contributed by atoms with Gasteiger partial charge in [-0.15, -0.1) is 10.2 Å². The summed E-state index contributed by atoms with van der Waals surface area (Å²) >= 11 is 5.82. The molecule has 2 rings (SSSR count). The van der Waals surface area contributed by atoms with E-state index in [2.05, 4.69) is 15.6 Å². The van der Waals surface area contributed by atoms with E-state index < -0.39 is 0 Å². The Balaban J connectivity index is 1.99. The summed E-state index contributed by atoms with van der Waals surface area (Å²) in [5.41, 5.74) is 3.40. The van der Waals surface area contributed by atoms with Gasteiger partial charge in [0.05, 0.1) is 0 Å². The van der Waals surface area contributed by atoms with Crippen LogP contribution in [-0.4, -0.2) is 20.8 Å². The summed E-state index contributed by atoms with van der Waals surface area (Å²) in [4.78, 5) is 11.5. The first-order valence-corrected chi connectivity index (χ1v) is 5.21. The summed E-state index contributed by atoms with van der Waals surface area (Å²) in [5, 5.41) is 7.75. The topological polar surface area (TPSA) is 59.8 Å². The molecule has 0 unspecified atom stereocenters. The van der Waals surface area contributed by atoms with Crippen LogP contribution in [0.3, 0.4) is 0 Å². The Morgan fingerprint density at radius 2 is 2.12 bits per heavy atom. The van der Waals surface area contributed by atoms with Gasteiger partial charge in [0.15, 0.2) is 0 Å². The van der Waals surface area contributed by atoms with Crippen LogP contribution in [0.15, 0.2) is 43.0 Å². The third-order valence-electron chi connectivity index (χ3n) is 1.93. The molecule has 0 aliphatic carbocycles. The van der Waals surface area contributed by atoms with E-state index in [0.717, 1.165) is 5.56 Å². The maximum atomic E-state index is 11.5. The van der Waals surface area contributed by atoms with Crippen LogP contribution in [-0.2, 0) is 4.79 Å². The van der Waals surface area contributed by atoms with Gasteiger partial charge in [-0.1, -0.05) is 23.7 Å². The number of amides is 1. The lowest BCUT2D eigenvalue weighted by atomic mass is 10.2. The zero-order chi connectivity index (χ0) is 12.1. The summed E-state index contributed by atoms with van der Waals surface area (Å²) in [6, 6.07) is 7.22. The van der Waals surface area contributed by atoms with Gasteiger partial charge in [-0.2, -0.15) is 0 Å². The fourth-order valence-corrected chi connectivity index (χ4v) is 1.40. The molecule has 1 N–H and O–H groups in total. The summed E-state index contributed by atoms with van der Waals surface area (Å²) in [5.74, 6) is -0.273. The van der Waals surface area contributed by atoms with Crippen LogP contribution in [0.25, 0.3) is 6.08 Å². The molecule has 0 saturated carbocycles. The number of hydrogen-bond acceptors (Lipinski definition) is 3. The number of carbonyl (C=O) groups is 1. The molecule has 0 atom stereocenters. The van der Waals surface area contributed by atoms with E-state index in [1.165, 1.54) is 23.4 Å². The van der Waals surface area contributed by atoms with Crippen LogP contribution in [0.1, 0.15) is 5.56 Å². The lowest BCUT2D eigenvalue weighted by Crippen LogP contribution is -2.18. The van der Waals surface area contributed by atoms with E-state index in [9.17, 15) is 4.79 Å². The average Bonchev–Trinajstić information content (AvgIpc) is 2.79. The molecule has 86 valence electrons. The number of nitrogens with one attached hydrogen (secondary N) is 1. The molecule has 5 nitrogen and oxygen atoms in total. The smallest absolute Gasteiger partial charge is 0.262 e. The normalized spacial score (nSPS) is 10.6. The van der Waals surface area contributed by atoms with Crippen molar-refractivity contribution in [2.24, 2.45) is 0 Å². The molecule has 0 spiro atoms. The van der Waals surface area contributed by atoms with E-state index in [0.29, 0.717) is 5.02 Å². The Morgan fingerprint density at radius 1 is 1.35 bits per heavy atom. The highest BCUT2D eigenvalue weighted by atomic mass is 35.5. The van der Waals surface area contributed by atoms with E-state index in [1.807, 2.05) is 12.1 Å². The highest BCUT2D eigenvalue weighted by Crippen LogP contribution is 2.11. The molecule has 0 bridgehead atoms. The van der Waals surface area contributed by atoms with Crippen molar-refractivity contribution in [3.63, 3.8) is 0 Å². The Bertz CT molecular complexity index is 536. The molecule has 0 saturated heterocycles. The molecular formula is C11H9ClN4O. The van der Waals surface area contributed by atoms with Crippen molar-refractivity contribution < 1.29 is 4.79 Å².